The van der Waals surface area contributed by atoms with E-state index in [9.17, 15) is 0 Å². The Morgan fingerprint density at radius 3 is 2.84 bits per heavy atom. The SMILES string of the molecule is Cc1ccc(CN2Cc3ncn(C)c3C[C@H]2COc2ncccn2)o1. The Balaban J connectivity index is 1.52. The van der Waals surface area contributed by atoms with E-state index in [1.54, 1.807) is 18.5 Å². The highest BCUT2D eigenvalue weighted by Crippen LogP contribution is 2.25. The molecule has 7 heteroatoms. The molecule has 0 aromatic carbocycles. The minimum atomic E-state index is 0.206. The van der Waals surface area contributed by atoms with Gasteiger partial charge in [-0.05, 0) is 25.1 Å². The number of furan rings is 1. The highest BCUT2D eigenvalue weighted by atomic mass is 16.5. The molecule has 7 nitrogen and oxygen atoms in total. The Morgan fingerprint density at radius 2 is 2.08 bits per heavy atom. The molecule has 4 heterocycles. The van der Waals surface area contributed by atoms with Crippen molar-refractivity contribution in [1.82, 2.24) is 24.4 Å². The minimum Gasteiger partial charge on any atom is -0.465 e. The van der Waals surface area contributed by atoms with Crippen LogP contribution >= 0.6 is 0 Å². The lowest BCUT2D eigenvalue weighted by Crippen LogP contribution is -2.44. The second-order valence-corrected chi connectivity index (χ2v) is 6.37. The molecule has 3 aromatic heterocycles. The molecule has 0 aliphatic carbocycles. The maximum atomic E-state index is 5.83. The van der Waals surface area contributed by atoms with Crippen LogP contribution in [0.15, 0.2) is 41.3 Å². The van der Waals surface area contributed by atoms with Gasteiger partial charge in [0.05, 0.1) is 24.6 Å². The number of aryl methyl sites for hydroxylation is 2. The Kier molecular flexibility index (Phi) is 4.23. The topological polar surface area (TPSA) is 69.2 Å². The molecule has 0 fully saturated rings. The van der Waals surface area contributed by atoms with Crippen molar-refractivity contribution >= 4 is 0 Å². The Bertz CT molecular complexity index is 842. The zero-order chi connectivity index (χ0) is 17.2. The molecule has 1 atom stereocenters. The third kappa shape index (κ3) is 3.41. The summed E-state index contributed by atoms with van der Waals surface area (Å²) in [5, 5.41) is 0. The zero-order valence-electron chi connectivity index (χ0n) is 14.4. The average molecular weight is 339 g/mol. The number of fused-ring (bicyclic) bond motifs is 1. The summed E-state index contributed by atoms with van der Waals surface area (Å²) in [5.74, 6) is 1.88. The van der Waals surface area contributed by atoms with Crippen molar-refractivity contribution in [3.63, 3.8) is 0 Å². The number of aromatic nitrogens is 4. The smallest absolute Gasteiger partial charge is 0.316 e. The van der Waals surface area contributed by atoms with E-state index >= 15 is 0 Å². The zero-order valence-corrected chi connectivity index (χ0v) is 14.4. The summed E-state index contributed by atoms with van der Waals surface area (Å²) in [6, 6.07) is 6.42. The quantitative estimate of drug-likeness (QED) is 0.709. The summed E-state index contributed by atoms with van der Waals surface area (Å²) in [5.41, 5.74) is 2.38. The third-order valence-electron chi connectivity index (χ3n) is 4.55. The lowest BCUT2D eigenvalue weighted by molar-refractivity contribution is 0.0952. The molecule has 0 unspecified atom stereocenters. The van der Waals surface area contributed by atoms with E-state index in [-0.39, 0.29) is 6.04 Å². The van der Waals surface area contributed by atoms with Gasteiger partial charge in [-0.25, -0.2) is 15.0 Å². The predicted octanol–water partition coefficient (Wildman–Crippen LogP) is 2.12. The average Bonchev–Trinajstić information content (AvgIpc) is 3.19. The first-order chi connectivity index (χ1) is 12.2. The molecule has 1 aliphatic rings. The van der Waals surface area contributed by atoms with Gasteiger partial charge >= 0.3 is 6.01 Å². The van der Waals surface area contributed by atoms with Crippen LogP contribution in [0.4, 0.5) is 0 Å². The summed E-state index contributed by atoms with van der Waals surface area (Å²) in [6.07, 6.45) is 6.12. The highest BCUT2D eigenvalue weighted by Gasteiger charge is 2.30. The number of hydrogen-bond donors (Lipinski definition) is 0. The molecule has 0 bridgehead atoms. The monoisotopic (exact) mass is 339 g/mol. The maximum Gasteiger partial charge on any atom is 0.316 e. The van der Waals surface area contributed by atoms with E-state index < -0.39 is 0 Å². The van der Waals surface area contributed by atoms with Gasteiger partial charge in [-0.15, -0.1) is 0 Å². The Morgan fingerprint density at radius 1 is 1.24 bits per heavy atom. The van der Waals surface area contributed by atoms with E-state index in [0.717, 1.165) is 36.7 Å². The van der Waals surface area contributed by atoms with Crippen molar-refractivity contribution in [1.29, 1.82) is 0 Å². The number of rotatable bonds is 5. The van der Waals surface area contributed by atoms with Crippen LogP contribution in [-0.2, 0) is 26.6 Å². The van der Waals surface area contributed by atoms with E-state index in [1.807, 2.05) is 32.4 Å². The summed E-state index contributed by atoms with van der Waals surface area (Å²) < 4.78 is 13.7. The van der Waals surface area contributed by atoms with Crippen molar-refractivity contribution < 1.29 is 9.15 Å². The van der Waals surface area contributed by atoms with Crippen molar-refractivity contribution in [3.05, 3.63) is 59.8 Å². The molecule has 0 saturated carbocycles. The fourth-order valence-corrected chi connectivity index (χ4v) is 3.22. The summed E-state index contributed by atoms with van der Waals surface area (Å²) in [4.78, 5) is 15.2. The van der Waals surface area contributed by atoms with Crippen LogP contribution in [0.25, 0.3) is 0 Å². The lowest BCUT2D eigenvalue weighted by Gasteiger charge is -2.34. The molecule has 0 radical (unpaired) electrons. The van der Waals surface area contributed by atoms with E-state index in [2.05, 4.69) is 24.4 Å². The van der Waals surface area contributed by atoms with Crippen LogP contribution < -0.4 is 4.74 Å². The molecule has 0 amide bonds. The molecule has 130 valence electrons. The molecule has 4 rings (SSSR count). The van der Waals surface area contributed by atoms with Crippen LogP contribution in [0.5, 0.6) is 6.01 Å². The van der Waals surface area contributed by atoms with Crippen molar-refractivity contribution in [3.8, 4) is 6.01 Å². The molecule has 25 heavy (non-hydrogen) atoms. The first-order valence-electron chi connectivity index (χ1n) is 8.37. The second kappa shape index (κ2) is 6.68. The first-order valence-corrected chi connectivity index (χ1v) is 8.37. The summed E-state index contributed by atoms with van der Waals surface area (Å²) >= 11 is 0. The molecular formula is C18H21N5O2. The number of hydrogen-bond acceptors (Lipinski definition) is 6. The van der Waals surface area contributed by atoms with Crippen LogP contribution in [0, 0.1) is 6.92 Å². The van der Waals surface area contributed by atoms with Crippen molar-refractivity contribution in [2.45, 2.75) is 32.5 Å². The summed E-state index contributed by atoms with van der Waals surface area (Å²) in [7, 11) is 2.04. The number of nitrogens with zero attached hydrogens (tertiary/aromatic N) is 5. The Labute approximate surface area is 146 Å². The normalized spacial score (nSPS) is 17.4. The van der Waals surface area contributed by atoms with E-state index in [1.165, 1.54) is 5.69 Å². The van der Waals surface area contributed by atoms with Gasteiger partial charge in [0, 0.05) is 38.1 Å². The maximum absolute atomic E-state index is 5.83. The van der Waals surface area contributed by atoms with E-state index in [0.29, 0.717) is 12.6 Å². The van der Waals surface area contributed by atoms with Gasteiger partial charge in [0.25, 0.3) is 0 Å². The van der Waals surface area contributed by atoms with Crippen LogP contribution in [-0.4, -0.2) is 37.1 Å². The summed E-state index contributed by atoms with van der Waals surface area (Å²) in [6.45, 7) is 3.99. The third-order valence-corrected chi connectivity index (χ3v) is 4.55. The molecule has 0 saturated heterocycles. The standard InChI is InChI=1S/C18H21N5O2/c1-13-4-5-15(25-13)9-23-10-16-17(22(2)12-21-16)8-14(23)11-24-18-19-6-3-7-20-18/h3-7,12,14H,8-11H2,1-2H3/t14-/m0/s1. The highest BCUT2D eigenvalue weighted by molar-refractivity contribution is 5.19. The van der Waals surface area contributed by atoms with Crippen molar-refractivity contribution in [2.24, 2.45) is 7.05 Å². The van der Waals surface area contributed by atoms with Crippen LogP contribution in [0.1, 0.15) is 22.9 Å². The number of imidazole rings is 1. The van der Waals surface area contributed by atoms with Gasteiger partial charge in [-0.1, -0.05) is 0 Å². The molecule has 0 N–H and O–H groups in total. The van der Waals surface area contributed by atoms with Gasteiger partial charge in [-0.3, -0.25) is 4.90 Å². The largest absolute Gasteiger partial charge is 0.465 e. The van der Waals surface area contributed by atoms with Crippen molar-refractivity contribution in [2.75, 3.05) is 6.61 Å². The Hall–Kier alpha value is -2.67. The van der Waals surface area contributed by atoms with Crippen LogP contribution in [0.3, 0.4) is 0 Å². The first kappa shape index (κ1) is 15.8. The lowest BCUT2D eigenvalue weighted by atomic mass is 10.0. The fourth-order valence-electron chi connectivity index (χ4n) is 3.22. The predicted molar refractivity (Wildman–Crippen MR) is 90.9 cm³/mol. The fraction of sp³-hybridized carbons (Fsp3) is 0.389. The molecule has 3 aromatic rings. The second-order valence-electron chi connectivity index (χ2n) is 6.37. The van der Waals surface area contributed by atoms with E-state index in [4.69, 9.17) is 9.15 Å². The van der Waals surface area contributed by atoms with Gasteiger partial charge in [0.1, 0.15) is 18.1 Å². The van der Waals surface area contributed by atoms with Gasteiger partial charge < -0.3 is 13.7 Å². The number of ether oxygens (including phenoxy) is 1. The van der Waals surface area contributed by atoms with Crippen LogP contribution in [0.2, 0.25) is 0 Å². The van der Waals surface area contributed by atoms with Gasteiger partial charge in [0.2, 0.25) is 0 Å². The molecular weight excluding hydrogens is 318 g/mol. The molecule has 1 aliphatic heterocycles. The van der Waals surface area contributed by atoms with Gasteiger partial charge in [-0.2, -0.15) is 0 Å². The minimum absolute atomic E-state index is 0.206. The molecule has 0 spiro atoms. The van der Waals surface area contributed by atoms with Gasteiger partial charge in [0.15, 0.2) is 0 Å².